The van der Waals surface area contributed by atoms with Crippen LogP contribution >= 0.6 is 0 Å². The molecule has 2 rings (SSSR count). The highest BCUT2D eigenvalue weighted by atomic mass is 32.2. The van der Waals surface area contributed by atoms with Crippen molar-refractivity contribution in [1.82, 2.24) is 14.5 Å². The smallest absolute Gasteiger partial charge is 0.340 e. The number of aryl methyl sites for hydroxylation is 1. The molecule has 0 radical (unpaired) electrons. The lowest BCUT2D eigenvalue weighted by molar-refractivity contribution is 0.0691. The summed E-state index contributed by atoms with van der Waals surface area (Å²) >= 11 is 0. The summed E-state index contributed by atoms with van der Waals surface area (Å²) in [4.78, 5) is 11.2. The lowest BCUT2D eigenvalue weighted by Gasteiger charge is -2.36. The molecule has 2 heterocycles. The van der Waals surface area contributed by atoms with Crippen LogP contribution in [0.25, 0.3) is 0 Å². The van der Waals surface area contributed by atoms with Gasteiger partial charge in [0.2, 0.25) is 5.03 Å². The summed E-state index contributed by atoms with van der Waals surface area (Å²) in [5.41, 5.74) is -0.138. The van der Waals surface area contributed by atoms with Crippen LogP contribution in [-0.4, -0.2) is 47.1 Å². The zero-order valence-corrected chi connectivity index (χ0v) is 12.6. The number of aromatic amines is 1. The fourth-order valence-corrected chi connectivity index (χ4v) is 4.34. The van der Waals surface area contributed by atoms with Gasteiger partial charge in [0.25, 0.3) is 10.0 Å². The maximum Gasteiger partial charge on any atom is 0.340 e. The van der Waals surface area contributed by atoms with Gasteiger partial charge in [0.05, 0.1) is 0 Å². The minimum Gasteiger partial charge on any atom is -0.478 e. The van der Waals surface area contributed by atoms with Crippen LogP contribution in [0.1, 0.15) is 42.7 Å². The van der Waals surface area contributed by atoms with E-state index >= 15 is 0 Å². The van der Waals surface area contributed by atoms with E-state index in [0.717, 1.165) is 12.8 Å². The molecule has 0 aromatic carbocycles. The van der Waals surface area contributed by atoms with E-state index in [4.69, 9.17) is 5.11 Å². The molecule has 0 aliphatic carbocycles. The number of hydrogen-bond donors (Lipinski definition) is 2. The van der Waals surface area contributed by atoms with Crippen LogP contribution in [0, 0.1) is 12.3 Å². The van der Waals surface area contributed by atoms with Gasteiger partial charge in [-0.25, -0.2) is 13.2 Å². The van der Waals surface area contributed by atoms with E-state index in [-0.39, 0.29) is 21.7 Å². The van der Waals surface area contributed by atoms with Crippen molar-refractivity contribution in [3.8, 4) is 0 Å². The second-order valence-corrected chi connectivity index (χ2v) is 7.79. The average molecular weight is 301 g/mol. The third-order valence-electron chi connectivity index (χ3n) is 3.58. The summed E-state index contributed by atoms with van der Waals surface area (Å²) in [7, 11) is -3.88. The van der Waals surface area contributed by atoms with E-state index in [1.165, 1.54) is 11.2 Å². The van der Waals surface area contributed by atoms with Gasteiger partial charge in [0, 0.05) is 18.8 Å². The average Bonchev–Trinajstić information content (AvgIpc) is 2.70. The molecule has 20 heavy (non-hydrogen) atoms. The predicted octanol–water partition coefficient (Wildman–Crippen LogP) is 1.23. The maximum atomic E-state index is 12.6. The number of sulfonamides is 1. The molecule has 1 aromatic heterocycles. The van der Waals surface area contributed by atoms with E-state index in [1.807, 2.05) is 13.8 Å². The number of carboxylic acid groups (broad SMARTS) is 1. The zero-order valence-electron chi connectivity index (χ0n) is 11.8. The van der Waals surface area contributed by atoms with Gasteiger partial charge in [-0.1, -0.05) is 13.8 Å². The van der Waals surface area contributed by atoms with E-state index in [1.54, 1.807) is 0 Å². The molecule has 0 unspecified atom stereocenters. The number of H-pyrrole nitrogens is 1. The third kappa shape index (κ3) is 2.57. The summed E-state index contributed by atoms with van der Waals surface area (Å²) < 4.78 is 26.5. The van der Waals surface area contributed by atoms with Crippen molar-refractivity contribution in [3.05, 3.63) is 11.3 Å². The molecular formula is C12H19N3O4S. The number of carbonyl (C=O) groups is 1. The Morgan fingerprint density at radius 3 is 2.65 bits per heavy atom. The van der Waals surface area contributed by atoms with Crippen LogP contribution in [0.5, 0.6) is 0 Å². The Balaban J connectivity index is 2.43. The highest BCUT2D eigenvalue weighted by molar-refractivity contribution is 7.89. The Bertz CT molecular complexity index is 633. The first-order valence-corrected chi connectivity index (χ1v) is 7.87. The molecule has 1 fully saturated rings. The molecule has 0 saturated carbocycles. The van der Waals surface area contributed by atoms with Gasteiger partial charge in [-0.15, -0.1) is 0 Å². The molecule has 112 valence electrons. The number of carboxylic acids is 1. The highest BCUT2D eigenvalue weighted by Crippen LogP contribution is 2.32. The molecular weight excluding hydrogens is 282 g/mol. The number of rotatable bonds is 3. The second kappa shape index (κ2) is 4.85. The number of hydrogen-bond acceptors (Lipinski definition) is 4. The van der Waals surface area contributed by atoms with Gasteiger partial charge in [0.1, 0.15) is 5.56 Å². The van der Waals surface area contributed by atoms with E-state index in [9.17, 15) is 13.2 Å². The standard InChI is InChI=1S/C12H19N3O4S/c1-8-9(11(16)17)10(14-13-8)20(18,19)15-6-4-5-12(2,3)7-15/h4-7H2,1-3H3,(H,13,14)(H,16,17). The fourth-order valence-electron chi connectivity index (χ4n) is 2.54. The molecule has 0 amide bonds. The monoisotopic (exact) mass is 301 g/mol. The number of piperidine rings is 1. The lowest BCUT2D eigenvalue weighted by atomic mass is 9.85. The van der Waals surface area contributed by atoms with Gasteiger partial charge in [-0.2, -0.15) is 9.40 Å². The van der Waals surface area contributed by atoms with E-state index in [2.05, 4.69) is 10.2 Å². The number of aromatic nitrogens is 2. The molecule has 1 aliphatic heterocycles. The molecule has 1 saturated heterocycles. The first-order valence-electron chi connectivity index (χ1n) is 6.43. The molecule has 0 bridgehead atoms. The van der Waals surface area contributed by atoms with Crippen LogP contribution in [0.4, 0.5) is 0 Å². The Labute approximate surface area is 118 Å². The van der Waals surface area contributed by atoms with Crippen molar-refractivity contribution in [2.45, 2.75) is 38.6 Å². The van der Waals surface area contributed by atoms with Gasteiger partial charge in [-0.3, -0.25) is 5.10 Å². The molecule has 2 N–H and O–H groups in total. The Kier molecular flexibility index (Phi) is 3.64. The Hall–Kier alpha value is -1.41. The van der Waals surface area contributed by atoms with Crippen molar-refractivity contribution in [2.75, 3.05) is 13.1 Å². The van der Waals surface area contributed by atoms with Crippen molar-refractivity contribution >= 4 is 16.0 Å². The first kappa shape index (κ1) is 15.0. The van der Waals surface area contributed by atoms with Gasteiger partial charge in [0.15, 0.2) is 0 Å². The summed E-state index contributed by atoms with van der Waals surface area (Å²) in [6.07, 6.45) is 1.71. The van der Waals surface area contributed by atoms with Crippen LogP contribution in [0.15, 0.2) is 5.03 Å². The van der Waals surface area contributed by atoms with Crippen molar-refractivity contribution in [3.63, 3.8) is 0 Å². The van der Waals surface area contributed by atoms with Crippen LogP contribution < -0.4 is 0 Å². The fraction of sp³-hybridized carbons (Fsp3) is 0.667. The lowest BCUT2D eigenvalue weighted by Crippen LogP contribution is -2.43. The van der Waals surface area contributed by atoms with Crippen LogP contribution in [0.2, 0.25) is 0 Å². The normalized spacial score (nSPS) is 19.9. The first-order chi connectivity index (χ1) is 9.15. The molecule has 0 spiro atoms. The van der Waals surface area contributed by atoms with E-state index in [0.29, 0.717) is 13.1 Å². The topological polar surface area (TPSA) is 103 Å². The number of nitrogens with one attached hydrogen (secondary N) is 1. The number of aromatic carboxylic acids is 1. The minimum absolute atomic E-state index is 0.111. The van der Waals surface area contributed by atoms with Gasteiger partial charge in [-0.05, 0) is 25.2 Å². The van der Waals surface area contributed by atoms with Gasteiger partial charge >= 0.3 is 5.97 Å². The predicted molar refractivity (Wildman–Crippen MR) is 72.1 cm³/mol. The summed E-state index contributed by atoms with van der Waals surface area (Å²) in [5.74, 6) is -1.29. The largest absolute Gasteiger partial charge is 0.478 e. The maximum absolute atomic E-state index is 12.6. The molecule has 7 nitrogen and oxygen atoms in total. The SMILES string of the molecule is Cc1[nH]nc(S(=O)(=O)N2CCCC(C)(C)C2)c1C(=O)O. The third-order valence-corrected chi connectivity index (χ3v) is 5.35. The zero-order chi connectivity index (χ0) is 15.1. The molecule has 8 heteroatoms. The molecule has 0 atom stereocenters. The van der Waals surface area contributed by atoms with Crippen molar-refractivity contribution in [2.24, 2.45) is 5.41 Å². The summed E-state index contributed by atoms with van der Waals surface area (Å²) in [6, 6.07) is 0. The summed E-state index contributed by atoms with van der Waals surface area (Å²) in [6.45, 7) is 6.28. The summed E-state index contributed by atoms with van der Waals surface area (Å²) in [5, 5.41) is 14.9. The quantitative estimate of drug-likeness (QED) is 0.874. The molecule has 1 aromatic rings. The van der Waals surface area contributed by atoms with Crippen LogP contribution in [-0.2, 0) is 10.0 Å². The Morgan fingerprint density at radius 2 is 2.10 bits per heavy atom. The number of nitrogens with zero attached hydrogens (tertiary/aromatic N) is 2. The second-order valence-electron chi connectivity index (χ2n) is 5.94. The Morgan fingerprint density at radius 1 is 1.45 bits per heavy atom. The van der Waals surface area contributed by atoms with Crippen molar-refractivity contribution < 1.29 is 18.3 Å². The minimum atomic E-state index is -3.88. The highest BCUT2D eigenvalue weighted by Gasteiger charge is 2.38. The van der Waals surface area contributed by atoms with Crippen LogP contribution in [0.3, 0.4) is 0 Å². The van der Waals surface area contributed by atoms with Crippen molar-refractivity contribution in [1.29, 1.82) is 0 Å². The molecule has 1 aliphatic rings. The van der Waals surface area contributed by atoms with Gasteiger partial charge < -0.3 is 5.11 Å². The van der Waals surface area contributed by atoms with E-state index < -0.39 is 16.0 Å².